The third-order valence-electron chi connectivity index (χ3n) is 6.99. The molecular weight excluding hydrogens is 344 g/mol. The van der Waals surface area contributed by atoms with Crippen LogP contribution in [0.2, 0.25) is 0 Å². The minimum atomic E-state index is -0.586. The number of aliphatic hydroxyl groups is 1. The summed E-state index contributed by atoms with van der Waals surface area (Å²) in [4.78, 5) is 18.6. The first-order chi connectivity index (χ1) is 12.7. The number of nitrogens with zero attached hydrogens (tertiary/aromatic N) is 1. The van der Waals surface area contributed by atoms with Gasteiger partial charge in [0.1, 0.15) is 0 Å². The number of carbonyl (C=O) groups excluding carboxylic acids is 1. The van der Waals surface area contributed by atoms with Crippen LogP contribution in [0, 0.1) is 17.8 Å². The first kappa shape index (κ1) is 18.4. The highest BCUT2D eigenvalue weighted by Crippen LogP contribution is 2.49. The van der Waals surface area contributed by atoms with E-state index in [-0.39, 0.29) is 17.3 Å². The van der Waals surface area contributed by atoms with Crippen molar-refractivity contribution in [3.05, 3.63) is 35.5 Å². The second-order valence-corrected chi connectivity index (χ2v) is 8.16. The first-order valence-electron chi connectivity index (χ1n) is 9.69. The molecule has 5 atom stereocenters. The van der Waals surface area contributed by atoms with Gasteiger partial charge in [0.05, 0.1) is 18.1 Å². The zero-order chi connectivity index (χ0) is 17.8. The lowest BCUT2D eigenvalue weighted by atomic mass is 9.64. The molecule has 1 aromatic heterocycles. The molecule has 7 nitrogen and oxygen atoms in total. The third-order valence-corrected chi connectivity index (χ3v) is 6.99. The van der Waals surface area contributed by atoms with Crippen LogP contribution < -0.4 is 11.3 Å². The zero-order valence-electron chi connectivity index (χ0n) is 15.3. The molecule has 0 spiro atoms. The molecule has 3 aliphatic rings. The molecular formula is C20H28N4O3. The number of hydrogen-bond donors (Lipinski definition) is 4. The fourth-order valence-electron chi connectivity index (χ4n) is 5.80. The lowest BCUT2D eigenvalue weighted by Gasteiger charge is -2.51. The predicted molar refractivity (Wildman–Crippen MR) is 103 cm³/mol. The van der Waals surface area contributed by atoms with E-state index in [9.17, 15) is 9.90 Å². The molecule has 1 aliphatic carbocycles. The van der Waals surface area contributed by atoms with Gasteiger partial charge in [0, 0.05) is 29.7 Å². The van der Waals surface area contributed by atoms with Gasteiger partial charge in [0.15, 0.2) is 0 Å². The van der Waals surface area contributed by atoms with Crippen LogP contribution in [0.4, 0.5) is 0 Å². The maximum absolute atomic E-state index is 12.4. The number of amides is 1. The standard InChI is InChI=1S/C20H26N4O2.H2O/c21-23-20(26)18-14-9-16-19-13(12-3-1-2-4-15(12)22-19)7-8-24(16)10-11(14)5-6-17(18)25;/h1-4,11,14,16-18,22,25H,5-10,21H2,(H,23,26);1H2/t11-,14-,16-,17-,18+;/m0./s1. The van der Waals surface area contributed by atoms with Crippen LogP contribution in [-0.2, 0) is 11.2 Å². The maximum Gasteiger partial charge on any atom is 0.239 e. The number of aromatic amines is 1. The average Bonchev–Trinajstić information content (AvgIpc) is 3.05. The monoisotopic (exact) mass is 372 g/mol. The van der Waals surface area contributed by atoms with Gasteiger partial charge in [-0.2, -0.15) is 0 Å². The van der Waals surface area contributed by atoms with Crippen LogP contribution in [-0.4, -0.2) is 45.6 Å². The van der Waals surface area contributed by atoms with Crippen molar-refractivity contribution in [3.8, 4) is 0 Å². The first-order valence-corrected chi connectivity index (χ1v) is 9.69. The summed E-state index contributed by atoms with van der Waals surface area (Å²) >= 11 is 0. The number of rotatable bonds is 1. The van der Waals surface area contributed by atoms with Gasteiger partial charge in [-0.1, -0.05) is 18.2 Å². The molecule has 3 heterocycles. The largest absolute Gasteiger partial charge is 0.412 e. The molecule has 0 unspecified atom stereocenters. The van der Waals surface area contributed by atoms with E-state index in [2.05, 4.69) is 39.6 Å². The van der Waals surface area contributed by atoms with E-state index in [4.69, 9.17) is 5.84 Å². The number of hydrogen-bond acceptors (Lipinski definition) is 4. The van der Waals surface area contributed by atoms with E-state index in [1.165, 1.54) is 22.2 Å². The average molecular weight is 372 g/mol. The van der Waals surface area contributed by atoms with Crippen molar-refractivity contribution in [2.75, 3.05) is 13.1 Å². The van der Waals surface area contributed by atoms with Crippen molar-refractivity contribution < 1.29 is 15.4 Å². The van der Waals surface area contributed by atoms with Crippen molar-refractivity contribution in [1.29, 1.82) is 0 Å². The van der Waals surface area contributed by atoms with Gasteiger partial charge < -0.3 is 15.6 Å². The zero-order valence-corrected chi connectivity index (χ0v) is 15.3. The minimum absolute atomic E-state index is 0. The Morgan fingerprint density at radius 1 is 1.30 bits per heavy atom. The smallest absolute Gasteiger partial charge is 0.239 e. The molecule has 1 saturated carbocycles. The number of nitrogens with one attached hydrogen (secondary N) is 2. The summed E-state index contributed by atoms with van der Waals surface area (Å²) in [5.74, 6) is 5.45. The van der Waals surface area contributed by atoms with Crippen LogP contribution in [0.25, 0.3) is 10.9 Å². The number of benzene rings is 1. The summed E-state index contributed by atoms with van der Waals surface area (Å²) in [5.41, 5.74) is 6.22. The van der Waals surface area contributed by atoms with E-state index in [1.54, 1.807) is 0 Å². The molecule has 27 heavy (non-hydrogen) atoms. The molecule has 0 radical (unpaired) electrons. The Hall–Kier alpha value is -1.93. The van der Waals surface area contributed by atoms with Gasteiger partial charge in [-0.3, -0.25) is 15.1 Å². The number of nitrogens with two attached hydrogens (primary N) is 1. The van der Waals surface area contributed by atoms with E-state index in [1.807, 2.05) is 0 Å². The van der Waals surface area contributed by atoms with Crippen molar-refractivity contribution >= 4 is 16.8 Å². The lowest BCUT2D eigenvalue weighted by molar-refractivity contribution is -0.139. The minimum Gasteiger partial charge on any atom is -0.412 e. The van der Waals surface area contributed by atoms with Crippen molar-refractivity contribution in [3.63, 3.8) is 0 Å². The van der Waals surface area contributed by atoms with Gasteiger partial charge in [0.25, 0.3) is 0 Å². The summed E-state index contributed by atoms with van der Waals surface area (Å²) in [6, 6.07) is 8.79. The van der Waals surface area contributed by atoms with E-state index in [0.717, 1.165) is 32.4 Å². The number of aliphatic hydroxyl groups excluding tert-OH is 1. The second-order valence-electron chi connectivity index (χ2n) is 8.16. The van der Waals surface area contributed by atoms with Gasteiger partial charge in [0.2, 0.25) is 5.91 Å². The van der Waals surface area contributed by atoms with Gasteiger partial charge >= 0.3 is 0 Å². The number of aromatic nitrogens is 1. The number of hydrazine groups is 1. The van der Waals surface area contributed by atoms with Crippen LogP contribution >= 0.6 is 0 Å². The number of fused-ring (bicyclic) bond motifs is 6. The molecule has 146 valence electrons. The Balaban J connectivity index is 0.00000180. The summed E-state index contributed by atoms with van der Waals surface area (Å²) in [5, 5.41) is 11.8. The van der Waals surface area contributed by atoms with Gasteiger partial charge in [-0.25, -0.2) is 5.84 Å². The van der Waals surface area contributed by atoms with Gasteiger partial charge in [-0.15, -0.1) is 0 Å². The fourth-order valence-corrected chi connectivity index (χ4v) is 5.80. The highest BCUT2D eigenvalue weighted by atomic mass is 16.3. The molecule has 1 amide bonds. The van der Waals surface area contributed by atoms with Crippen LogP contribution in [0.5, 0.6) is 0 Å². The topological polar surface area (TPSA) is 126 Å². The fraction of sp³-hybridized carbons (Fsp3) is 0.550. The predicted octanol–water partition coefficient (Wildman–Crippen LogP) is 0.639. The summed E-state index contributed by atoms with van der Waals surface area (Å²) in [6.45, 7) is 2.07. The van der Waals surface area contributed by atoms with Crippen LogP contribution in [0.3, 0.4) is 0 Å². The van der Waals surface area contributed by atoms with E-state index >= 15 is 0 Å². The Bertz CT molecular complexity index is 851. The Morgan fingerprint density at radius 3 is 2.93 bits per heavy atom. The molecule has 5 rings (SSSR count). The highest BCUT2D eigenvalue weighted by Gasteiger charge is 2.48. The molecule has 7 heteroatoms. The normalized spacial score (nSPS) is 32.7. The Morgan fingerprint density at radius 2 is 2.11 bits per heavy atom. The Labute approximate surface area is 158 Å². The quantitative estimate of drug-likeness (QED) is 0.333. The summed E-state index contributed by atoms with van der Waals surface area (Å²) in [6.07, 6.45) is 3.07. The SMILES string of the molecule is NNC(=O)[C@@H]1[C@H]2C[C@H]3c4[nH]c5ccccc5c4CCN3C[C@@H]2CC[C@@H]1O.O. The summed E-state index contributed by atoms with van der Waals surface area (Å²) < 4.78 is 0. The third kappa shape index (κ3) is 2.77. The maximum atomic E-state index is 12.4. The number of carbonyl (C=O) groups is 1. The van der Waals surface area contributed by atoms with Crippen molar-refractivity contribution in [2.24, 2.45) is 23.6 Å². The van der Waals surface area contributed by atoms with E-state index < -0.39 is 12.0 Å². The van der Waals surface area contributed by atoms with Crippen LogP contribution in [0.15, 0.2) is 24.3 Å². The van der Waals surface area contributed by atoms with Crippen molar-refractivity contribution in [2.45, 2.75) is 37.8 Å². The molecule has 1 saturated heterocycles. The number of H-pyrrole nitrogens is 1. The molecule has 0 bridgehead atoms. The molecule has 2 fully saturated rings. The number of para-hydroxylation sites is 1. The van der Waals surface area contributed by atoms with E-state index in [0.29, 0.717) is 18.4 Å². The molecule has 1 aromatic carbocycles. The molecule has 2 aliphatic heterocycles. The van der Waals surface area contributed by atoms with Crippen molar-refractivity contribution in [1.82, 2.24) is 15.3 Å². The molecule has 7 N–H and O–H groups in total. The highest BCUT2D eigenvalue weighted by molar-refractivity contribution is 5.85. The van der Waals surface area contributed by atoms with Gasteiger partial charge in [-0.05, 0) is 49.1 Å². The summed E-state index contributed by atoms with van der Waals surface area (Å²) in [7, 11) is 0. The van der Waals surface area contributed by atoms with Crippen LogP contribution in [0.1, 0.15) is 36.6 Å². The number of piperidine rings is 1. The lowest BCUT2D eigenvalue weighted by Crippen LogP contribution is -2.55. The molecule has 2 aromatic rings. The Kier molecular flexibility index (Phi) is 4.71. The second kappa shape index (κ2) is 6.91.